The van der Waals surface area contributed by atoms with Crippen LogP contribution >= 0.6 is 0 Å². The van der Waals surface area contributed by atoms with Crippen LogP contribution in [0, 0.1) is 5.41 Å². The van der Waals surface area contributed by atoms with Crippen LogP contribution in [-0.2, 0) is 10.2 Å². The van der Waals surface area contributed by atoms with Crippen LogP contribution in [0.3, 0.4) is 0 Å². The number of aromatic nitrogens is 3. The molecule has 9 heteroatoms. The van der Waals surface area contributed by atoms with Gasteiger partial charge in [0.2, 0.25) is 0 Å². The smallest absolute Gasteiger partial charge is 0.255 e. The second-order valence-corrected chi connectivity index (χ2v) is 11.6. The second kappa shape index (κ2) is 11.7. The molecule has 0 atom stereocenters. The number of nitrogens with one attached hydrogen (secondary N) is 3. The Labute approximate surface area is 251 Å². The van der Waals surface area contributed by atoms with Gasteiger partial charge in [0.1, 0.15) is 5.84 Å². The zero-order valence-electron chi connectivity index (χ0n) is 24.6. The van der Waals surface area contributed by atoms with Crippen molar-refractivity contribution in [2.45, 2.75) is 26.2 Å². The second-order valence-electron chi connectivity index (χ2n) is 11.6. The summed E-state index contributed by atoms with van der Waals surface area (Å²) in [5.74, 6) is 0.939. The molecule has 1 saturated heterocycles. The molecule has 1 fully saturated rings. The number of rotatable bonds is 6. The standard InChI is InChI=1S/C34H35N7O2/c1-34(2,3)26-11-7-24(8-12-26)33(42)38-28-6-4-5-25(21-28)29-22-41-16-15-36-32(41)31(39-29)37-27-13-9-23(10-14-27)30(35)40-17-19-43-20-18-40/h4-16,21-22,35H,17-20H2,1-3H3,(H,37,39)(H,38,42). The van der Waals surface area contributed by atoms with Crippen LogP contribution in [0.4, 0.5) is 17.2 Å². The van der Waals surface area contributed by atoms with Gasteiger partial charge in [0.25, 0.3) is 5.91 Å². The van der Waals surface area contributed by atoms with Gasteiger partial charge in [-0.25, -0.2) is 9.97 Å². The number of benzene rings is 3. The van der Waals surface area contributed by atoms with Gasteiger partial charge in [-0.15, -0.1) is 0 Å². The summed E-state index contributed by atoms with van der Waals surface area (Å²) in [6.45, 7) is 9.20. The third kappa shape index (κ3) is 6.27. The normalized spacial score (nSPS) is 13.6. The zero-order valence-corrected chi connectivity index (χ0v) is 24.6. The molecule has 3 aromatic carbocycles. The van der Waals surface area contributed by atoms with E-state index in [1.165, 1.54) is 5.56 Å². The van der Waals surface area contributed by atoms with Gasteiger partial charge in [0.15, 0.2) is 11.5 Å². The van der Waals surface area contributed by atoms with Gasteiger partial charge in [-0.05, 0) is 59.5 Å². The van der Waals surface area contributed by atoms with Gasteiger partial charge in [-0.2, -0.15) is 0 Å². The molecule has 1 aliphatic heterocycles. The minimum atomic E-state index is -0.164. The van der Waals surface area contributed by atoms with Gasteiger partial charge < -0.3 is 24.7 Å². The van der Waals surface area contributed by atoms with Crippen LogP contribution in [0.1, 0.15) is 42.3 Å². The predicted octanol–water partition coefficient (Wildman–Crippen LogP) is 6.35. The molecule has 218 valence electrons. The summed E-state index contributed by atoms with van der Waals surface area (Å²) in [5.41, 5.74) is 6.46. The molecule has 0 radical (unpaired) electrons. The summed E-state index contributed by atoms with van der Waals surface area (Å²) in [6.07, 6.45) is 5.54. The largest absolute Gasteiger partial charge is 0.378 e. The molecule has 0 aliphatic carbocycles. The van der Waals surface area contributed by atoms with E-state index in [-0.39, 0.29) is 11.3 Å². The van der Waals surface area contributed by atoms with Gasteiger partial charge in [0, 0.05) is 59.7 Å². The minimum absolute atomic E-state index is 0.0248. The van der Waals surface area contributed by atoms with Crippen molar-refractivity contribution in [3.8, 4) is 11.3 Å². The van der Waals surface area contributed by atoms with Crippen LogP contribution in [-0.4, -0.2) is 57.3 Å². The van der Waals surface area contributed by atoms with Gasteiger partial charge in [0.05, 0.1) is 18.9 Å². The number of nitrogens with zero attached hydrogens (tertiary/aromatic N) is 4. The van der Waals surface area contributed by atoms with E-state index >= 15 is 0 Å². The number of carbonyl (C=O) groups is 1. The van der Waals surface area contributed by atoms with Crippen molar-refractivity contribution in [3.63, 3.8) is 0 Å². The van der Waals surface area contributed by atoms with Crippen molar-refractivity contribution in [3.05, 3.63) is 108 Å². The zero-order chi connectivity index (χ0) is 30.0. The highest BCUT2D eigenvalue weighted by Gasteiger charge is 2.17. The molecule has 2 aromatic heterocycles. The van der Waals surface area contributed by atoms with Crippen molar-refractivity contribution < 1.29 is 9.53 Å². The first-order chi connectivity index (χ1) is 20.7. The molecule has 43 heavy (non-hydrogen) atoms. The molecule has 9 nitrogen and oxygen atoms in total. The summed E-state index contributed by atoms with van der Waals surface area (Å²) in [5, 5.41) is 15.0. The molecule has 1 amide bonds. The number of anilines is 3. The Morgan fingerprint density at radius 3 is 2.37 bits per heavy atom. The molecular weight excluding hydrogens is 538 g/mol. The maximum atomic E-state index is 13.0. The van der Waals surface area contributed by atoms with Crippen LogP contribution in [0.25, 0.3) is 16.9 Å². The van der Waals surface area contributed by atoms with Crippen molar-refractivity contribution in [1.29, 1.82) is 5.41 Å². The molecule has 0 spiro atoms. The van der Waals surface area contributed by atoms with E-state index in [0.717, 1.165) is 35.6 Å². The molecule has 6 rings (SSSR count). The van der Waals surface area contributed by atoms with Crippen molar-refractivity contribution >= 4 is 34.6 Å². The van der Waals surface area contributed by atoms with Crippen molar-refractivity contribution in [2.75, 3.05) is 36.9 Å². The quantitative estimate of drug-likeness (QED) is 0.161. The third-order valence-electron chi connectivity index (χ3n) is 7.55. The fourth-order valence-corrected chi connectivity index (χ4v) is 5.05. The predicted molar refractivity (Wildman–Crippen MR) is 170 cm³/mol. The number of amidine groups is 1. The van der Waals surface area contributed by atoms with Crippen LogP contribution in [0.5, 0.6) is 0 Å². The number of fused-ring (bicyclic) bond motifs is 1. The van der Waals surface area contributed by atoms with Gasteiger partial charge >= 0.3 is 0 Å². The van der Waals surface area contributed by atoms with Crippen LogP contribution in [0.15, 0.2) is 91.4 Å². The highest BCUT2D eigenvalue weighted by molar-refractivity contribution is 6.04. The third-order valence-corrected chi connectivity index (χ3v) is 7.55. The van der Waals surface area contributed by atoms with E-state index in [1.807, 2.05) is 94.5 Å². The highest BCUT2D eigenvalue weighted by atomic mass is 16.5. The van der Waals surface area contributed by atoms with Crippen LogP contribution in [0.2, 0.25) is 0 Å². The fourth-order valence-electron chi connectivity index (χ4n) is 5.05. The van der Waals surface area contributed by atoms with Crippen LogP contribution < -0.4 is 10.6 Å². The van der Waals surface area contributed by atoms with Crippen molar-refractivity contribution in [1.82, 2.24) is 19.3 Å². The Kier molecular flexibility index (Phi) is 7.65. The summed E-state index contributed by atoms with van der Waals surface area (Å²) < 4.78 is 7.34. The number of imidazole rings is 1. The number of hydrogen-bond donors (Lipinski definition) is 3. The molecule has 5 aromatic rings. The Hall–Kier alpha value is -5.02. The Bertz CT molecular complexity index is 1760. The van der Waals surface area contributed by atoms with E-state index in [2.05, 4.69) is 36.4 Å². The first kappa shape index (κ1) is 28.1. The van der Waals surface area contributed by atoms with E-state index in [0.29, 0.717) is 41.8 Å². The maximum Gasteiger partial charge on any atom is 0.255 e. The lowest BCUT2D eigenvalue weighted by atomic mass is 9.87. The summed E-state index contributed by atoms with van der Waals surface area (Å²) in [6, 6.07) is 23.2. The van der Waals surface area contributed by atoms with E-state index in [9.17, 15) is 4.79 Å². The molecule has 3 heterocycles. The summed E-state index contributed by atoms with van der Waals surface area (Å²) in [7, 11) is 0. The van der Waals surface area contributed by atoms with E-state index in [1.54, 1.807) is 6.20 Å². The highest BCUT2D eigenvalue weighted by Crippen LogP contribution is 2.27. The molecule has 0 bridgehead atoms. The number of hydrogen-bond acceptors (Lipinski definition) is 6. The maximum absolute atomic E-state index is 13.0. The lowest BCUT2D eigenvalue weighted by Gasteiger charge is -2.29. The molecule has 0 saturated carbocycles. The Morgan fingerprint density at radius 1 is 0.930 bits per heavy atom. The minimum Gasteiger partial charge on any atom is -0.378 e. The Balaban J connectivity index is 1.21. The monoisotopic (exact) mass is 573 g/mol. The SMILES string of the molecule is CC(C)(C)c1ccc(C(=O)Nc2cccc(-c3cn4ccnc4c(Nc4ccc(C(=N)N5CCOCC5)cc4)n3)c2)cc1. The van der Waals surface area contributed by atoms with E-state index in [4.69, 9.17) is 15.1 Å². The molecule has 3 N–H and O–H groups in total. The molecule has 0 unspecified atom stereocenters. The average Bonchev–Trinajstić information content (AvgIpc) is 3.51. The first-order valence-corrected chi connectivity index (χ1v) is 14.4. The van der Waals surface area contributed by atoms with Crippen molar-refractivity contribution in [2.24, 2.45) is 0 Å². The lowest BCUT2D eigenvalue weighted by Crippen LogP contribution is -2.40. The molecule has 1 aliphatic rings. The fraction of sp³-hybridized carbons (Fsp3) is 0.235. The van der Waals surface area contributed by atoms with E-state index < -0.39 is 0 Å². The Morgan fingerprint density at radius 2 is 1.65 bits per heavy atom. The molecular formula is C34H35N7O2. The summed E-state index contributed by atoms with van der Waals surface area (Å²) >= 11 is 0. The number of amides is 1. The van der Waals surface area contributed by atoms with Gasteiger partial charge in [-0.3, -0.25) is 10.2 Å². The topological polar surface area (TPSA) is 108 Å². The number of morpholine rings is 1. The summed E-state index contributed by atoms with van der Waals surface area (Å²) in [4.78, 5) is 24.4. The number of carbonyl (C=O) groups excluding carboxylic acids is 1. The average molecular weight is 574 g/mol. The lowest BCUT2D eigenvalue weighted by molar-refractivity contribution is 0.0680. The van der Waals surface area contributed by atoms with Gasteiger partial charge in [-0.1, -0.05) is 45.0 Å². The first-order valence-electron chi connectivity index (χ1n) is 14.4. The number of ether oxygens (including phenoxy) is 1.